The summed E-state index contributed by atoms with van der Waals surface area (Å²) < 4.78 is 76.5. The molecule has 1 saturated carbocycles. The Morgan fingerprint density at radius 2 is 1.98 bits per heavy atom. The number of nitrogens with two attached hydrogens (primary N) is 1. The van der Waals surface area contributed by atoms with E-state index in [0.29, 0.717) is 10.9 Å². The van der Waals surface area contributed by atoms with Crippen LogP contribution < -0.4 is 20.1 Å². The number of aliphatic hydroxyl groups is 1. The van der Waals surface area contributed by atoms with Gasteiger partial charge in [-0.15, -0.1) is 0 Å². The van der Waals surface area contributed by atoms with Gasteiger partial charge in [-0.2, -0.15) is 15.1 Å². The topological polar surface area (TPSA) is 195 Å². The standard InChI is InChI=1S/C30H36F2N7O8P/c1-7-43-22-20-21(36-26(33)37-22)39(15-35-20)25-28(6,31)29(41)24(30(29,32)45-25)47-48(42,38-16(2)23(40)44-14-27(3,4)5)46-19-12-8-11-18-17(19)10-9-13-34-18/h8-13,15-16,24-25,41H,7,14H2,1-6H3,(H,38,42)(H2,33,36,37)/t16?,24?,25-,28+,29+,30?,48?/m1/s1. The average Bonchev–Trinajstić information content (AvgIpc) is 3.24. The summed E-state index contributed by atoms with van der Waals surface area (Å²) in [6, 6.07) is 6.63. The Morgan fingerprint density at radius 1 is 1.23 bits per heavy atom. The number of alkyl halides is 2. The number of pyridine rings is 1. The lowest BCUT2D eigenvalue weighted by Crippen LogP contribution is -2.45. The number of hydrogen-bond acceptors (Lipinski definition) is 13. The smallest absolute Gasteiger partial charge is 0.460 e. The third-order valence-corrected chi connectivity index (χ3v) is 9.64. The first kappa shape index (κ1) is 33.9. The summed E-state index contributed by atoms with van der Waals surface area (Å²) in [6.07, 6.45) is -1.37. The van der Waals surface area contributed by atoms with Gasteiger partial charge in [0.25, 0.3) is 5.85 Å². The summed E-state index contributed by atoms with van der Waals surface area (Å²) in [5, 5.41) is 14.4. The van der Waals surface area contributed by atoms with Gasteiger partial charge < -0.3 is 29.6 Å². The molecule has 2 fully saturated rings. The quantitative estimate of drug-likeness (QED) is 0.150. The second kappa shape index (κ2) is 11.6. The Morgan fingerprint density at radius 3 is 2.65 bits per heavy atom. The maximum Gasteiger partial charge on any atom is 0.460 e. The van der Waals surface area contributed by atoms with Crippen LogP contribution in [0.2, 0.25) is 0 Å². The Kier molecular flexibility index (Phi) is 8.15. The third-order valence-electron chi connectivity index (χ3n) is 8.01. The number of nitrogens with zero attached hydrogens (tertiary/aromatic N) is 5. The fourth-order valence-electron chi connectivity index (χ4n) is 5.55. The zero-order chi connectivity index (χ0) is 34.9. The summed E-state index contributed by atoms with van der Waals surface area (Å²) in [5.74, 6) is -4.27. The lowest BCUT2D eigenvalue weighted by Gasteiger charge is -2.31. The highest BCUT2D eigenvalue weighted by Gasteiger charge is 2.96. The van der Waals surface area contributed by atoms with E-state index in [-0.39, 0.29) is 47.4 Å². The number of carbonyl (C=O) groups is 1. The number of fused-ring (bicyclic) bond motifs is 3. The summed E-state index contributed by atoms with van der Waals surface area (Å²) in [7, 11) is -4.85. The van der Waals surface area contributed by atoms with Crippen LogP contribution in [0.5, 0.6) is 11.6 Å². The summed E-state index contributed by atoms with van der Waals surface area (Å²) in [5.41, 5.74) is -0.00416. The van der Waals surface area contributed by atoms with Gasteiger partial charge in [0.15, 0.2) is 34.8 Å². The van der Waals surface area contributed by atoms with Crippen molar-refractivity contribution in [3.63, 3.8) is 0 Å². The van der Waals surface area contributed by atoms with Gasteiger partial charge in [0.2, 0.25) is 11.8 Å². The van der Waals surface area contributed by atoms with Crippen LogP contribution in [0.3, 0.4) is 0 Å². The van der Waals surface area contributed by atoms with Crippen molar-refractivity contribution < 1.29 is 46.5 Å². The summed E-state index contributed by atoms with van der Waals surface area (Å²) >= 11 is 0. The molecule has 0 radical (unpaired) electrons. The van der Waals surface area contributed by atoms with Gasteiger partial charge in [-0.25, -0.2) is 18.3 Å². The highest BCUT2D eigenvalue weighted by atomic mass is 31.2. The van der Waals surface area contributed by atoms with Gasteiger partial charge in [0.05, 0.1) is 25.1 Å². The van der Waals surface area contributed by atoms with Crippen molar-refractivity contribution in [3.05, 3.63) is 42.9 Å². The number of benzene rings is 1. The Bertz CT molecular complexity index is 1940. The number of nitrogens with one attached hydrogen (secondary N) is 1. The SMILES string of the molecule is CCOc1nc(N)nc2c1ncn2[C@@H]1OC2(F)C(OP(=O)(NC(C)C(=O)OCC(C)(C)C)Oc3cccc4ncccc34)[C@]2(O)[C@@]1(C)F. The highest BCUT2D eigenvalue weighted by molar-refractivity contribution is 7.52. The van der Waals surface area contributed by atoms with Crippen LogP contribution in [0, 0.1) is 5.41 Å². The molecule has 4 aromatic rings. The number of aromatic nitrogens is 5. The normalized spacial score (nSPS) is 28.5. The maximum atomic E-state index is 16.8. The van der Waals surface area contributed by atoms with Crippen LogP contribution in [0.4, 0.5) is 14.7 Å². The van der Waals surface area contributed by atoms with Gasteiger partial charge in [-0.3, -0.25) is 18.9 Å². The van der Waals surface area contributed by atoms with Crippen molar-refractivity contribution in [2.45, 2.75) is 77.0 Å². The van der Waals surface area contributed by atoms with E-state index in [1.165, 1.54) is 13.0 Å². The number of imidazole rings is 1. The minimum atomic E-state index is -4.85. The largest absolute Gasteiger partial charge is 0.476 e. The molecule has 15 nitrogen and oxygen atoms in total. The van der Waals surface area contributed by atoms with Crippen LogP contribution >= 0.6 is 7.75 Å². The molecule has 1 aliphatic carbocycles. The fraction of sp³-hybridized carbons (Fsp3) is 0.500. The molecule has 1 saturated heterocycles. The maximum absolute atomic E-state index is 16.8. The number of anilines is 1. The van der Waals surface area contributed by atoms with E-state index in [0.717, 1.165) is 17.8 Å². The number of halogens is 2. The van der Waals surface area contributed by atoms with Gasteiger partial charge in [0, 0.05) is 11.6 Å². The molecule has 3 aromatic heterocycles. The monoisotopic (exact) mass is 691 g/mol. The van der Waals surface area contributed by atoms with E-state index in [1.54, 1.807) is 37.4 Å². The first-order valence-corrected chi connectivity index (χ1v) is 16.7. The lowest BCUT2D eigenvalue weighted by molar-refractivity contribution is -0.156. The van der Waals surface area contributed by atoms with Crippen LogP contribution in [-0.2, 0) is 23.4 Å². The first-order chi connectivity index (χ1) is 22.4. The molecule has 0 spiro atoms. The van der Waals surface area contributed by atoms with Gasteiger partial charge in [-0.1, -0.05) is 26.8 Å². The predicted octanol–water partition coefficient (Wildman–Crippen LogP) is 4.16. The molecule has 48 heavy (non-hydrogen) atoms. The molecule has 7 atom stereocenters. The second-order valence-corrected chi connectivity index (χ2v) is 14.7. The van der Waals surface area contributed by atoms with Crippen LogP contribution in [0.25, 0.3) is 22.1 Å². The first-order valence-electron chi connectivity index (χ1n) is 15.1. The molecule has 4 heterocycles. The van der Waals surface area contributed by atoms with Crippen molar-refractivity contribution >= 4 is 41.7 Å². The minimum absolute atomic E-state index is 0.00790. The molecule has 258 valence electrons. The van der Waals surface area contributed by atoms with Gasteiger partial charge in [0.1, 0.15) is 11.8 Å². The van der Waals surface area contributed by atoms with Gasteiger partial charge in [-0.05, 0) is 50.5 Å². The number of hydrogen-bond donors (Lipinski definition) is 3. The molecular formula is C30H36F2N7O8P. The van der Waals surface area contributed by atoms with Crippen molar-refractivity contribution in [1.82, 2.24) is 29.6 Å². The fourth-order valence-corrected chi connectivity index (χ4v) is 7.27. The lowest BCUT2D eigenvalue weighted by atomic mass is 9.97. The molecule has 4 unspecified atom stereocenters. The van der Waals surface area contributed by atoms with E-state index < -0.39 is 49.2 Å². The minimum Gasteiger partial charge on any atom is -0.476 e. The molecule has 6 rings (SSSR count). The number of ether oxygens (including phenoxy) is 3. The molecular weight excluding hydrogens is 655 g/mol. The number of rotatable bonds is 11. The van der Waals surface area contributed by atoms with Crippen LogP contribution in [0.15, 0.2) is 42.9 Å². The van der Waals surface area contributed by atoms with Crippen molar-refractivity contribution in [2.24, 2.45) is 5.41 Å². The number of nitrogen functional groups attached to an aromatic ring is 1. The Labute approximate surface area is 273 Å². The Balaban J connectivity index is 1.31. The zero-order valence-electron chi connectivity index (χ0n) is 27.0. The van der Waals surface area contributed by atoms with Crippen LogP contribution in [0.1, 0.15) is 47.8 Å². The van der Waals surface area contributed by atoms with E-state index >= 15 is 8.78 Å². The van der Waals surface area contributed by atoms with Crippen molar-refractivity contribution in [3.8, 4) is 11.6 Å². The molecule has 1 aromatic carbocycles. The molecule has 0 amide bonds. The average molecular weight is 692 g/mol. The van der Waals surface area contributed by atoms with Gasteiger partial charge >= 0.3 is 13.7 Å². The number of carbonyl (C=O) groups excluding carboxylic acids is 1. The molecule has 2 aliphatic rings. The van der Waals surface area contributed by atoms with Crippen molar-refractivity contribution in [1.29, 1.82) is 0 Å². The zero-order valence-corrected chi connectivity index (χ0v) is 27.9. The third kappa shape index (κ3) is 5.52. The van der Waals surface area contributed by atoms with Crippen LogP contribution in [-0.4, -0.2) is 78.1 Å². The molecule has 1 aliphatic heterocycles. The number of esters is 1. The van der Waals surface area contributed by atoms with E-state index in [9.17, 15) is 14.5 Å². The van der Waals surface area contributed by atoms with Crippen molar-refractivity contribution in [2.75, 3.05) is 18.9 Å². The molecule has 0 bridgehead atoms. The summed E-state index contributed by atoms with van der Waals surface area (Å²) in [6.45, 7) is 9.74. The molecule has 18 heteroatoms. The summed E-state index contributed by atoms with van der Waals surface area (Å²) in [4.78, 5) is 29.3. The second-order valence-electron chi connectivity index (χ2n) is 13.0. The van der Waals surface area contributed by atoms with E-state index in [1.807, 2.05) is 20.8 Å². The Hall–Kier alpha value is -4.02. The van der Waals surface area contributed by atoms with E-state index in [2.05, 4.69) is 25.0 Å². The highest BCUT2D eigenvalue weighted by Crippen LogP contribution is 2.73. The van der Waals surface area contributed by atoms with E-state index in [4.69, 9.17) is 29.0 Å². The molecule has 4 N–H and O–H groups in total. The predicted molar refractivity (Wildman–Crippen MR) is 167 cm³/mol.